The maximum Gasteiger partial charge on any atom is 0.264 e. The highest BCUT2D eigenvalue weighted by Gasteiger charge is 2.24. The van der Waals surface area contributed by atoms with Crippen molar-refractivity contribution in [3.63, 3.8) is 0 Å². The Labute approximate surface area is 194 Å². The van der Waals surface area contributed by atoms with Gasteiger partial charge in [0.1, 0.15) is 5.75 Å². The molecule has 1 amide bonds. The number of methoxy groups -OCH3 is 1. The van der Waals surface area contributed by atoms with Crippen molar-refractivity contribution in [3.05, 3.63) is 77.9 Å². The van der Waals surface area contributed by atoms with E-state index in [4.69, 9.17) is 4.74 Å². The summed E-state index contributed by atoms with van der Waals surface area (Å²) in [7, 11) is -0.859. The molecule has 0 spiro atoms. The number of carbonyl (C=O) groups excluding carboxylic acids is 1. The van der Waals surface area contributed by atoms with Gasteiger partial charge in [-0.3, -0.25) is 9.10 Å². The number of nitrogens with zero attached hydrogens (tertiary/aromatic N) is 2. The van der Waals surface area contributed by atoms with E-state index in [9.17, 15) is 13.2 Å². The molecule has 7 nitrogen and oxygen atoms in total. The molecule has 1 heterocycles. The number of hydrogen-bond acceptors (Lipinski definition) is 5. The molecule has 1 N–H and O–H groups in total. The number of rotatable bonds is 7. The van der Waals surface area contributed by atoms with Crippen molar-refractivity contribution in [2.75, 3.05) is 41.8 Å². The van der Waals surface area contributed by atoms with Gasteiger partial charge in [0.05, 0.1) is 17.7 Å². The van der Waals surface area contributed by atoms with E-state index in [1.165, 1.54) is 48.3 Å². The first-order valence-corrected chi connectivity index (χ1v) is 12.2. The largest absolute Gasteiger partial charge is 0.495 e. The fourth-order valence-electron chi connectivity index (χ4n) is 4.01. The van der Waals surface area contributed by atoms with Crippen LogP contribution in [0.4, 0.5) is 17.1 Å². The Hall–Kier alpha value is -3.52. The van der Waals surface area contributed by atoms with Crippen LogP contribution < -0.4 is 19.3 Å². The summed E-state index contributed by atoms with van der Waals surface area (Å²) in [6.07, 6.45) is 1.01. The minimum atomic E-state index is -3.83. The van der Waals surface area contributed by atoms with Gasteiger partial charge >= 0.3 is 0 Å². The number of para-hydroxylation sites is 2. The molecule has 0 aromatic heterocycles. The number of amides is 1. The van der Waals surface area contributed by atoms with Crippen molar-refractivity contribution >= 4 is 33.0 Å². The summed E-state index contributed by atoms with van der Waals surface area (Å²) in [5.41, 5.74) is 3.95. The second-order valence-corrected chi connectivity index (χ2v) is 9.77. The lowest BCUT2D eigenvalue weighted by atomic mass is 10.1. The molecule has 0 atom stereocenters. The number of likely N-dealkylation sites (N-methyl/N-ethyl adjacent to an activating group) is 1. The topological polar surface area (TPSA) is 79.0 Å². The van der Waals surface area contributed by atoms with E-state index in [1.807, 2.05) is 18.2 Å². The highest BCUT2D eigenvalue weighted by Crippen LogP contribution is 2.32. The fourth-order valence-corrected chi connectivity index (χ4v) is 5.22. The Morgan fingerprint density at radius 2 is 1.82 bits per heavy atom. The molecule has 0 fully saturated rings. The lowest BCUT2D eigenvalue weighted by Gasteiger charge is -2.21. The van der Waals surface area contributed by atoms with Crippen molar-refractivity contribution in [2.45, 2.75) is 18.2 Å². The monoisotopic (exact) mass is 465 g/mol. The quantitative estimate of drug-likeness (QED) is 0.567. The number of ether oxygens (including phenoxy) is 1. The van der Waals surface area contributed by atoms with Crippen LogP contribution in [-0.4, -0.2) is 41.6 Å². The number of anilines is 3. The van der Waals surface area contributed by atoms with E-state index in [1.54, 1.807) is 24.3 Å². The number of hydrogen-bond donors (Lipinski definition) is 1. The third-order valence-corrected chi connectivity index (χ3v) is 7.70. The van der Waals surface area contributed by atoms with Crippen LogP contribution in [0.1, 0.15) is 22.8 Å². The van der Waals surface area contributed by atoms with Gasteiger partial charge in [0.2, 0.25) is 0 Å². The summed E-state index contributed by atoms with van der Waals surface area (Å²) in [5.74, 6) is 0.161. The van der Waals surface area contributed by atoms with E-state index in [0.717, 1.165) is 25.2 Å². The number of fused-ring (bicyclic) bond motifs is 1. The van der Waals surface area contributed by atoms with E-state index >= 15 is 0 Å². The Balaban J connectivity index is 1.52. The van der Waals surface area contributed by atoms with Crippen LogP contribution in [-0.2, 0) is 16.4 Å². The molecule has 0 unspecified atom stereocenters. The zero-order valence-electron chi connectivity index (χ0n) is 18.9. The van der Waals surface area contributed by atoms with Gasteiger partial charge in [-0.2, -0.15) is 0 Å². The number of carbonyl (C=O) groups is 1. The Morgan fingerprint density at radius 1 is 1.09 bits per heavy atom. The van der Waals surface area contributed by atoms with Crippen LogP contribution in [0, 0.1) is 0 Å². The molecule has 0 saturated carbocycles. The number of nitrogens with one attached hydrogen (secondary N) is 1. The molecule has 0 saturated heterocycles. The molecule has 0 aliphatic carbocycles. The Morgan fingerprint density at radius 3 is 2.52 bits per heavy atom. The molecule has 33 heavy (non-hydrogen) atoms. The zero-order chi connectivity index (χ0) is 23.6. The van der Waals surface area contributed by atoms with Crippen LogP contribution in [0.3, 0.4) is 0 Å². The lowest BCUT2D eigenvalue weighted by Crippen LogP contribution is -2.27. The van der Waals surface area contributed by atoms with E-state index in [-0.39, 0.29) is 10.8 Å². The SMILES string of the molecule is CCN1CCc2ccc(NC(=O)c3ccc(S(=O)(=O)N(C)c4ccccc4OC)cc3)cc21. The minimum Gasteiger partial charge on any atom is -0.495 e. The summed E-state index contributed by atoms with van der Waals surface area (Å²) < 4.78 is 32.7. The molecule has 8 heteroatoms. The molecule has 0 bridgehead atoms. The van der Waals surface area contributed by atoms with E-state index < -0.39 is 10.0 Å². The van der Waals surface area contributed by atoms with Gasteiger partial charge < -0.3 is 15.0 Å². The van der Waals surface area contributed by atoms with Gasteiger partial charge in [0.15, 0.2) is 0 Å². The molecule has 1 aliphatic rings. The summed E-state index contributed by atoms with van der Waals surface area (Å²) in [6, 6.07) is 18.8. The van der Waals surface area contributed by atoms with Crippen molar-refractivity contribution in [1.82, 2.24) is 0 Å². The summed E-state index contributed by atoms with van der Waals surface area (Å²) in [5, 5.41) is 2.91. The third-order valence-electron chi connectivity index (χ3n) is 5.92. The van der Waals surface area contributed by atoms with E-state index in [2.05, 4.69) is 17.1 Å². The smallest absolute Gasteiger partial charge is 0.264 e. The van der Waals surface area contributed by atoms with Crippen LogP contribution in [0.25, 0.3) is 0 Å². The Bertz CT molecular complexity index is 1270. The molecular weight excluding hydrogens is 438 g/mol. The fraction of sp³-hybridized carbons (Fsp3) is 0.240. The molecule has 3 aromatic rings. The van der Waals surface area contributed by atoms with Crippen molar-refractivity contribution in [1.29, 1.82) is 0 Å². The van der Waals surface area contributed by atoms with Crippen molar-refractivity contribution in [3.8, 4) is 5.75 Å². The van der Waals surface area contributed by atoms with Crippen LogP contribution in [0.5, 0.6) is 5.75 Å². The summed E-state index contributed by atoms with van der Waals surface area (Å²) in [6.45, 7) is 4.02. The molecule has 1 aliphatic heterocycles. The molecular formula is C25H27N3O4S. The van der Waals surface area contributed by atoms with Gasteiger partial charge in [-0.15, -0.1) is 0 Å². The summed E-state index contributed by atoms with van der Waals surface area (Å²) in [4.78, 5) is 15.1. The van der Waals surface area contributed by atoms with Crippen LogP contribution in [0.15, 0.2) is 71.6 Å². The molecule has 172 valence electrons. The predicted molar refractivity (Wildman–Crippen MR) is 131 cm³/mol. The van der Waals surface area contributed by atoms with Gasteiger partial charge in [0.25, 0.3) is 15.9 Å². The van der Waals surface area contributed by atoms with Crippen molar-refractivity contribution < 1.29 is 17.9 Å². The maximum atomic E-state index is 13.1. The zero-order valence-corrected chi connectivity index (χ0v) is 19.7. The van der Waals surface area contributed by atoms with E-state index in [0.29, 0.717) is 22.7 Å². The lowest BCUT2D eigenvalue weighted by molar-refractivity contribution is 0.102. The molecule has 3 aromatic carbocycles. The van der Waals surface area contributed by atoms with Crippen LogP contribution >= 0.6 is 0 Å². The van der Waals surface area contributed by atoms with Crippen molar-refractivity contribution in [2.24, 2.45) is 0 Å². The highest BCUT2D eigenvalue weighted by atomic mass is 32.2. The first-order chi connectivity index (χ1) is 15.8. The third kappa shape index (κ3) is 4.39. The first kappa shape index (κ1) is 22.7. The second kappa shape index (κ2) is 9.15. The summed E-state index contributed by atoms with van der Waals surface area (Å²) >= 11 is 0. The predicted octanol–water partition coefficient (Wildman–Crippen LogP) is 4.16. The number of sulfonamides is 1. The highest BCUT2D eigenvalue weighted by molar-refractivity contribution is 7.92. The maximum absolute atomic E-state index is 13.1. The second-order valence-electron chi connectivity index (χ2n) is 7.80. The number of benzene rings is 3. The van der Waals surface area contributed by atoms with Gasteiger partial charge in [-0.1, -0.05) is 18.2 Å². The average Bonchev–Trinajstić information content (AvgIpc) is 3.26. The van der Waals surface area contributed by atoms with Gasteiger partial charge in [0, 0.05) is 37.1 Å². The first-order valence-electron chi connectivity index (χ1n) is 10.8. The van der Waals surface area contributed by atoms with Crippen LogP contribution in [0.2, 0.25) is 0 Å². The molecule has 4 rings (SSSR count). The Kier molecular flexibility index (Phi) is 6.29. The van der Waals surface area contributed by atoms with Gasteiger partial charge in [-0.05, 0) is 67.4 Å². The standard InChI is InChI=1S/C25H27N3O4S/c1-4-28-16-15-18-9-12-20(17-23(18)28)26-25(29)19-10-13-21(14-11-19)33(30,31)27(2)22-7-5-6-8-24(22)32-3/h5-14,17H,4,15-16H2,1-3H3,(H,26,29). The normalized spacial score (nSPS) is 12.9. The minimum absolute atomic E-state index is 0.0866. The average molecular weight is 466 g/mol. The van der Waals surface area contributed by atoms with Gasteiger partial charge in [-0.25, -0.2) is 8.42 Å². The molecule has 0 radical (unpaired) electrons.